The zero-order chi connectivity index (χ0) is 22.0. The highest BCUT2D eigenvalue weighted by molar-refractivity contribution is 5.40. The Morgan fingerprint density at radius 1 is 1.19 bits per heavy atom. The van der Waals surface area contributed by atoms with Crippen molar-refractivity contribution in [3.63, 3.8) is 0 Å². The van der Waals surface area contributed by atoms with Crippen LogP contribution in [0.4, 0.5) is 4.39 Å². The van der Waals surface area contributed by atoms with Crippen molar-refractivity contribution < 1.29 is 14.2 Å². The summed E-state index contributed by atoms with van der Waals surface area (Å²) in [4.78, 5) is 4.29. The fourth-order valence-corrected chi connectivity index (χ4v) is 4.06. The van der Waals surface area contributed by atoms with E-state index in [1.165, 1.54) is 12.1 Å². The van der Waals surface area contributed by atoms with Gasteiger partial charge in [0.1, 0.15) is 18.2 Å². The second kappa shape index (κ2) is 8.78. The molecule has 3 aromatic rings. The van der Waals surface area contributed by atoms with Gasteiger partial charge in [0.2, 0.25) is 0 Å². The molecule has 0 saturated heterocycles. The molecule has 164 valence electrons. The van der Waals surface area contributed by atoms with Crippen LogP contribution in [0, 0.1) is 5.82 Å². The van der Waals surface area contributed by atoms with Crippen molar-refractivity contribution >= 4 is 0 Å². The third kappa shape index (κ3) is 5.12. The summed E-state index contributed by atoms with van der Waals surface area (Å²) in [6, 6.07) is 12.3. The van der Waals surface area contributed by atoms with Crippen LogP contribution in [0.2, 0.25) is 0 Å². The number of nitrogens with zero attached hydrogens (tertiary/aromatic N) is 4. The van der Waals surface area contributed by atoms with E-state index in [-0.39, 0.29) is 5.82 Å². The number of likely N-dealkylation sites (N-methyl/N-ethyl adjacent to an activating group) is 1. The van der Waals surface area contributed by atoms with E-state index in [1.54, 1.807) is 16.8 Å². The number of aliphatic hydroxyl groups is 1. The molecular formula is C24H29FN4O2. The zero-order valence-corrected chi connectivity index (χ0v) is 18.3. The minimum Gasteiger partial charge on any atom is -0.492 e. The molecule has 1 N–H and O–H groups in total. The smallest absolute Gasteiger partial charge is 0.123 e. The summed E-state index contributed by atoms with van der Waals surface area (Å²) in [5, 5.41) is 15.3. The van der Waals surface area contributed by atoms with Gasteiger partial charge in [-0.05, 0) is 63.0 Å². The Balaban J connectivity index is 1.50. The van der Waals surface area contributed by atoms with Crippen LogP contribution in [0.25, 0.3) is 5.69 Å². The predicted octanol–water partition coefficient (Wildman–Crippen LogP) is 3.18. The van der Waals surface area contributed by atoms with Crippen molar-refractivity contribution in [2.45, 2.75) is 25.6 Å². The molecule has 0 bridgehead atoms. The van der Waals surface area contributed by atoms with Crippen LogP contribution < -0.4 is 4.74 Å². The first-order valence-corrected chi connectivity index (χ1v) is 10.5. The van der Waals surface area contributed by atoms with Crippen LogP contribution in [0.5, 0.6) is 5.75 Å². The van der Waals surface area contributed by atoms with Crippen molar-refractivity contribution in [2.24, 2.45) is 0 Å². The number of fused-ring (bicyclic) bond motifs is 1. The summed E-state index contributed by atoms with van der Waals surface area (Å²) >= 11 is 0. The first-order valence-electron chi connectivity index (χ1n) is 10.5. The highest BCUT2D eigenvalue weighted by Gasteiger charge is 2.26. The second-order valence-corrected chi connectivity index (χ2v) is 8.66. The number of aromatic nitrogens is 2. The molecule has 1 unspecified atom stereocenters. The Kier molecular flexibility index (Phi) is 6.09. The lowest BCUT2D eigenvalue weighted by Crippen LogP contribution is -2.34. The highest BCUT2D eigenvalue weighted by Crippen LogP contribution is 2.30. The summed E-state index contributed by atoms with van der Waals surface area (Å²) in [7, 11) is 3.91. The average Bonchev–Trinajstić information content (AvgIpc) is 3.07. The summed E-state index contributed by atoms with van der Waals surface area (Å²) in [6.07, 6.45) is 3.81. The summed E-state index contributed by atoms with van der Waals surface area (Å²) in [5.41, 5.74) is 2.91. The molecule has 1 aromatic heterocycles. The second-order valence-electron chi connectivity index (χ2n) is 8.66. The van der Waals surface area contributed by atoms with Gasteiger partial charge in [0.05, 0.1) is 17.5 Å². The van der Waals surface area contributed by atoms with E-state index in [0.29, 0.717) is 13.2 Å². The molecule has 0 saturated carbocycles. The standard InChI is InChI=1S/C24H29FN4O2/c1-24(30,17-27(2)3)20-4-9-23-19(12-20)16-28(10-11-31-23)14-18-13-26-29(15-18)22-7-5-21(25)6-8-22/h4-9,12-13,15,30H,10-11,14,16-17H2,1-3H3. The highest BCUT2D eigenvalue weighted by atomic mass is 19.1. The molecule has 4 rings (SSSR count). The Morgan fingerprint density at radius 2 is 1.97 bits per heavy atom. The van der Waals surface area contributed by atoms with Crippen molar-refractivity contribution in [2.75, 3.05) is 33.8 Å². The molecule has 0 radical (unpaired) electrons. The van der Waals surface area contributed by atoms with Crippen LogP contribution in [0.1, 0.15) is 23.6 Å². The molecule has 0 spiro atoms. The third-order valence-corrected chi connectivity index (χ3v) is 5.50. The van der Waals surface area contributed by atoms with Gasteiger partial charge in [0.25, 0.3) is 0 Å². The predicted molar refractivity (Wildman–Crippen MR) is 118 cm³/mol. The van der Waals surface area contributed by atoms with Crippen molar-refractivity contribution in [1.29, 1.82) is 0 Å². The van der Waals surface area contributed by atoms with Crippen molar-refractivity contribution in [3.05, 3.63) is 77.4 Å². The Hall–Kier alpha value is -2.74. The van der Waals surface area contributed by atoms with Gasteiger partial charge in [-0.25, -0.2) is 9.07 Å². The van der Waals surface area contributed by atoms with Crippen LogP contribution in [-0.2, 0) is 18.7 Å². The molecule has 2 heterocycles. The maximum Gasteiger partial charge on any atom is 0.123 e. The van der Waals surface area contributed by atoms with Crippen molar-refractivity contribution in [3.8, 4) is 11.4 Å². The van der Waals surface area contributed by atoms with Crippen LogP contribution in [-0.4, -0.2) is 58.5 Å². The lowest BCUT2D eigenvalue weighted by Gasteiger charge is -2.28. The molecule has 2 aromatic carbocycles. The first-order chi connectivity index (χ1) is 14.8. The number of hydrogen-bond donors (Lipinski definition) is 1. The lowest BCUT2D eigenvalue weighted by atomic mass is 9.93. The van der Waals surface area contributed by atoms with E-state index in [1.807, 2.05) is 50.4 Å². The third-order valence-electron chi connectivity index (χ3n) is 5.50. The molecule has 0 fully saturated rings. The topological polar surface area (TPSA) is 53.8 Å². The normalized spacial score (nSPS) is 16.5. The fourth-order valence-electron chi connectivity index (χ4n) is 4.06. The number of rotatable bonds is 6. The quantitative estimate of drug-likeness (QED) is 0.659. The summed E-state index contributed by atoms with van der Waals surface area (Å²) in [5.74, 6) is 0.609. The number of hydrogen-bond acceptors (Lipinski definition) is 5. The van der Waals surface area contributed by atoms with E-state index >= 15 is 0 Å². The van der Waals surface area contributed by atoms with Crippen LogP contribution >= 0.6 is 0 Å². The molecule has 0 amide bonds. The van der Waals surface area contributed by atoms with E-state index in [4.69, 9.17) is 4.74 Å². The van der Waals surface area contributed by atoms with E-state index in [2.05, 4.69) is 16.1 Å². The molecule has 1 aliphatic rings. The average molecular weight is 425 g/mol. The van der Waals surface area contributed by atoms with E-state index in [0.717, 1.165) is 47.8 Å². The van der Waals surface area contributed by atoms with Crippen molar-refractivity contribution in [1.82, 2.24) is 19.6 Å². The molecule has 0 aliphatic carbocycles. The molecule has 1 atom stereocenters. The van der Waals surface area contributed by atoms with Gasteiger partial charge in [-0.15, -0.1) is 0 Å². The first kappa shape index (κ1) is 21.5. The number of ether oxygens (including phenoxy) is 1. The summed E-state index contributed by atoms with van der Waals surface area (Å²) in [6.45, 7) is 5.23. The molecular weight excluding hydrogens is 395 g/mol. The van der Waals surface area contributed by atoms with Gasteiger partial charge in [0, 0.05) is 43.5 Å². The maximum absolute atomic E-state index is 13.2. The number of halogens is 1. The molecule has 31 heavy (non-hydrogen) atoms. The van der Waals surface area contributed by atoms with Gasteiger partial charge >= 0.3 is 0 Å². The summed E-state index contributed by atoms with van der Waals surface area (Å²) < 4.78 is 20.9. The number of benzene rings is 2. The minimum atomic E-state index is -0.939. The van der Waals surface area contributed by atoms with Gasteiger partial charge < -0.3 is 14.7 Å². The van der Waals surface area contributed by atoms with Crippen LogP contribution in [0.15, 0.2) is 54.9 Å². The van der Waals surface area contributed by atoms with E-state index in [9.17, 15) is 9.50 Å². The largest absolute Gasteiger partial charge is 0.492 e. The van der Waals surface area contributed by atoms with Crippen LogP contribution in [0.3, 0.4) is 0 Å². The Labute approximate surface area is 182 Å². The Morgan fingerprint density at radius 3 is 2.71 bits per heavy atom. The fraction of sp³-hybridized carbons (Fsp3) is 0.375. The Bertz CT molecular complexity index is 1030. The van der Waals surface area contributed by atoms with Gasteiger partial charge in [-0.3, -0.25) is 4.90 Å². The minimum absolute atomic E-state index is 0.261. The van der Waals surface area contributed by atoms with Gasteiger partial charge in [-0.2, -0.15) is 5.10 Å². The SMILES string of the molecule is CN(C)CC(C)(O)c1ccc2c(c1)CN(Cc1cnn(-c3ccc(F)cc3)c1)CCO2. The monoisotopic (exact) mass is 424 g/mol. The van der Waals surface area contributed by atoms with Gasteiger partial charge in [0.15, 0.2) is 0 Å². The lowest BCUT2D eigenvalue weighted by molar-refractivity contribution is 0.0299. The molecule has 1 aliphatic heterocycles. The maximum atomic E-state index is 13.2. The molecule has 6 nitrogen and oxygen atoms in total. The van der Waals surface area contributed by atoms with Gasteiger partial charge in [-0.1, -0.05) is 6.07 Å². The zero-order valence-electron chi connectivity index (χ0n) is 18.3. The van der Waals surface area contributed by atoms with E-state index < -0.39 is 5.60 Å². The molecule has 7 heteroatoms.